The Morgan fingerprint density at radius 1 is 0.254 bits per heavy atom. The van der Waals surface area contributed by atoms with E-state index in [0.29, 0.717) is 0 Å². The second-order valence-corrected chi connectivity index (χ2v) is 16.0. The standard InChI is InChI=1S/C60H39NO2/c1-2-15-40(16-3-1)41-29-31-43(32-30-41)46-17-4-5-18-47(46)48-19-6-7-20-49(48)50-21-8-11-25-55(50)61(56-26-14-24-54-52-23-10-13-28-58(52)63-60(54)56)45-36-33-42(34-37-45)44-35-38-53-51-22-9-12-27-57(51)62-59(53)39-44/h1-39H. The first-order valence-electron chi connectivity index (χ1n) is 21.4. The molecule has 0 atom stereocenters. The molecule has 0 aliphatic rings. The van der Waals surface area contributed by atoms with Gasteiger partial charge in [-0.05, 0) is 98.6 Å². The van der Waals surface area contributed by atoms with Crippen LogP contribution in [-0.2, 0) is 0 Å². The maximum atomic E-state index is 6.75. The van der Waals surface area contributed by atoms with Crippen molar-refractivity contribution in [2.75, 3.05) is 4.90 Å². The summed E-state index contributed by atoms with van der Waals surface area (Å²) in [6, 6.07) is 84.1. The van der Waals surface area contributed by atoms with Crippen molar-refractivity contribution in [2.45, 2.75) is 0 Å². The first-order chi connectivity index (χ1) is 31.2. The second-order valence-electron chi connectivity index (χ2n) is 16.0. The lowest BCUT2D eigenvalue weighted by atomic mass is 9.88. The van der Waals surface area contributed by atoms with Crippen LogP contribution in [0.25, 0.3) is 99.5 Å². The molecule has 0 fully saturated rings. The van der Waals surface area contributed by atoms with Gasteiger partial charge in [-0.2, -0.15) is 0 Å². The molecule has 0 saturated heterocycles. The van der Waals surface area contributed by atoms with Gasteiger partial charge in [-0.25, -0.2) is 0 Å². The molecular weight excluding hydrogens is 767 g/mol. The molecule has 2 heterocycles. The highest BCUT2D eigenvalue weighted by atomic mass is 16.3. The van der Waals surface area contributed by atoms with Crippen LogP contribution < -0.4 is 4.90 Å². The van der Waals surface area contributed by atoms with Crippen molar-refractivity contribution >= 4 is 60.9 Å². The zero-order valence-corrected chi connectivity index (χ0v) is 34.3. The Morgan fingerprint density at radius 3 is 1.46 bits per heavy atom. The van der Waals surface area contributed by atoms with Gasteiger partial charge in [0.25, 0.3) is 0 Å². The van der Waals surface area contributed by atoms with Crippen LogP contribution in [-0.4, -0.2) is 0 Å². The number of anilines is 3. The summed E-state index contributed by atoms with van der Waals surface area (Å²) in [7, 11) is 0. The molecule has 3 heteroatoms. The fourth-order valence-electron chi connectivity index (χ4n) is 9.32. The number of furan rings is 2. The molecule has 0 radical (unpaired) electrons. The number of rotatable bonds is 8. The SMILES string of the molecule is c1ccc(-c2ccc(-c3ccccc3-c3ccccc3-c3ccccc3N(c3ccc(-c4ccc5c(c4)oc4ccccc45)cc3)c3cccc4c3oc3ccccc34)cc2)cc1. The Labute approximate surface area is 365 Å². The predicted molar refractivity (Wildman–Crippen MR) is 263 cm³/mol. The van der Waals surface area contributed by atoms with E-state index >= 15 is 0 Å². The fraction of sp³-hybridized carbons (Fsp3) is 0. The molecule has 0 unspecified atom stereocenters. The van der Waals surface area contributed by atoms with Gasteiger partial charge >= 0.3 is 0 Å². The average Bonchev–Trinajstić information content (AvgIpc) is 3.94. The summed E-state index contributed by atoms with van der Waals surface area (Å²) in [5.41, 5.74) is 18.0. The molecular formula is C60H39NO2. The molecule has 63 heavy (non-hydrogen) atoms. The van der Waals surface area contributed by atoms with E-state index in [4.69, 9.17) is 8.83 Å². The summed E-state index contributed by atoms with van der Waals surface area (Å²) >= 11 is 0. The van der Waals surface area contributed by atoms with Crippen molar-refractivity contribution in [3.05, 3.63) is 237 Å². The van der Waals surface area contributed by atoms with Crippen LogP contribution in [0.3, 0.4) is 0 Å². The zero-order valence-electron chi connectivity index (χ0n) is 34.3. The highest BCUT2D eigenvalue weighted by molar-refractivity contribution is 6.11. The minimum Gasteiger partial charge on any atom is -0.456 e. The third-order valence-electron chi connectivity index (χ3n) is 12.3. The van der Waals surface area contributed by atoms with E-state index in [1.54, 1.807) is 0 Å². The molecule has 0 N–H and O–H groups in total. The molecule has 2 aromatic heterocycles. The van der Waals surface area contributed by atoms with E-state index in [2.05, 4.69) is 217 Å². The summed E-state index contributed by atoms with van der Waals surface area (Å²) in [5.74, 6) is 0. The van der Waals surface area contributed by atoms with E-state index < -0.39 is 0 Å². The molecule has 0 spiro atoms. The molecule has 0 amide bonds. The van der Waals surface area contributed by atoms with Crippen LogP contribution in [0.15, 0.2) is 245 Å². The molecule has 0 aliphatic heterocycles. The normalized spacial score (nSPS) is 11.5. The molecule has 12 aromatic rings. The molecule has 0 bridgehead atoms. The quantitative estimate of drug-likeness (QED) is 0.153. The summed E-state index contributed by atoms with van der Waals surface area (Å²) in [5, 5.41) is 4.43. The van der Waals surface area contributed by atoms with Gasteiger partial charge in [0.1, 0.15) is 16.7 Å². The third-order valence-corrected chi connectivity index (χ3v) is 12.3. The summed E-state index contributed by atoms with van der Waals surface area (Å²) in [6.07, 6.45) is 0. The minimum absolute atomic E-state index is 0.838. The van der Waals surface area contributed by atoms with Gasteiger partial charge < -0.3 is 13.7 Å². The summed E-state index contributed by atoms with van der Waals surface area (Å²) in [6.45, 7) is 0. The highest BCUT2D eigenvalue weighted by Gasteiger charge is 2.23. The second kappa shape index (κ2) is 15.3. The topological polar surface area (TPSA) is 29.5 Å². The van der Waals surface area contributed by atoms with Crippen LogP contribution in [0.4, 0.5) is 17.1 Å². The smallest absolute Gasteiger partial charge is 0.159 e. The number of hydrogen-bond acceptors (Lipinski definition) is 3. The van der Waals surface area contributed by atoms with Crippen LogP contribution in [0.5, 0.6) is 0 Å². The van der Waals surface area contributed by atoms with Gasteiger partial charge in [0.15, 0.2) is 5.58 Å². The monoisotopic (exact) mass is 805 g/mol. The molecule has 10 aromatic carbocycles. The van der Waals surface area contributed by atoms with E-state index in [1.807, 2.05) is 24.3 Å². The lowest BCUT2D eigenvalue weighted by Gasteiger charge is -2.28. The van der Waals surface area contributed by atoms with E-state index in [0.717, 1.165) is 88.8 Å². The van der Waals surface area contributed by atoms with Gasteiger partial charge in [-0.3, -0.25) is 0 Å². The van der Waals surface area contributed by atoms with E-state index in [1.165, 1.54) is 27.8 Å². The van der Waals surface area contributed by atoms with Crippen molar-refractivity contribution in [1.29, 1.82) is 0 Å². The van der Waals surface area contributed by atoms with Gasteiger partial charge in [0.05, 0.1) is 11.4 Å². The molecule has 0 saturated carbocycles. The highest BCUT2D eigenvalue weighted by Crippen LogP contribution is 2.48. The van der Waals surface area contributed by atoms with Crippen molar-refractivity contribution < 1.29 is 8.83 Å². The van der Waals surface area contributed by atoms with E-state index in [9.17, 15) is 0 Å². The maximum absolute atomic E-state index is 6.75. The van der Waals surface area contributed by atoms with Crippen LogP contribution >= 0.6 is 0 Å². The van der Waals surface area contributed by atoms with Crippen molar-refractivity contribution in [3.63, 3.8) is 0 Å². The maximum Gasteiger partial charge on any atom is 0.159 e. The van der Waals surface area contributed by atoms with Crippen molar-refractivity contribution in [3.8, 4) is 55.6 Å². The van der Waals surface area contributed by atoms with E-state index in [-0.39, 0.29) is 0 Å². The van der Waals surface area contributed by atoms with Crippen molar-refractivity contribution in [1.82, 2.24) is 0 Å². The summed E-state index contributed by atoms with van der Waals surface area (Å²) < 4.78 is 13.0. The Kier molecular flexibility index (Phi) is 8.83. The Hall–Kier alpha value is -8.40. The minimum atomic E-state index is 0.838. The third kappa shape index (κ3) is 6.38. The first-order valence-corrected chi connectivity index (χ1v) is 21.4. The van der Waals surface area contributed by atoms with Gasteiger partial charge in [-0.15, -0.1) is 0 Å². The Bertz CT molecular complexity index is 3620. The van der Waals surface area contributed by atoms with Crippen LogP contribution in [0.1, 0.15) is 0 Å². The average molecular weight is 806 g/mol. The lowest BCUT2D eigenvalue weighted by Crippen LogP contribution is -2.11. The number of fused-ring (bicyclic) bond motifs is 6. The van der Waals surface area contributed by atoms with Gasteiger partial charge in [0.2, 0.25) is 0 Å². The molecule has 3 nitrogen and oxygen atoms in total. The zero-order chi connectivity index (χ0) is 41.7. The van der Waals surface area contributed by atoms with Gasteiger partial charge in [0, 0.05) is 32.8 Å². The largest absolute Gasteiger partial charge is 0.456 e. The Balaban J connectivity index is 1.01. The van der Waals surface area contributed by atoms with Crippen LogP contribution in [0, 0.1) is 0 Å². The summed E-state index contributed by atoms with van der Waals surface area (Å²) in [4.78, 5) is 2.36. The lowest BCUT2D eigenvalue weighted by molar-refractivity contribution is 0.668. The Morgan fingerprint density at radius 2 is 0.714 bits per heavy atom. The van der Waals surface area contributed by atoms with Crippen LogP contribution in [0.2, 0.25) is 0 Å². The number of benzene rings is 10. The molecule has 12 rings (SSSR count). The van der Waals surface area contributed by atoms with Crippen molar-refractivity contribution in [2.24, 2.45) is 0 Å². The molecule has 0 aliphatic carbocycles. The number of nitrogens with zero attached hydrogens (tertiary/aromatic N) is 1. The van der Waals surface area contributed by atoms with Gasteiger partial charge in [-0.1, -0.05) is 188 Å². The predicted octanol–water partition coefficient (Wildman–Crippen LogP) is 17.3. The molecule has 296 valence electrons. The number of para-hydroxylation sites is 4. The fourth-order valence-corrected chi connectivity index (χ4v) is 9.32. The number of hydrogen-bond donors (Lipinski definition) is 0. The first kappa shape index (κ1) is 36.5.